The summed E-state index contributed by atoms with van der Waals surface area (Å²) in [6.45, 7) is 4.80. The van der Waals surface area contributed by atoms with Crippen LogP contribution in [-0.4, -0.2) is 36.3 Å². The number of hydrogen-bond acceptors (Lipinski definition) is 6. The Morgan fingerprint density at radius 2 is 1.56 bits per heavy atom. The van der Waals surface area contributed by atoms with E-state index >= 15 is 0 Å². The van der Waals surface area contributed by atoms with Crippen LogP contribution >= 0.6 is 0 Å². The molecule has 39 heavy (non-hydrogen) atoms. The summed E-state index contributed by atoms with van der Waals surface area (Å²) in [6.07, 6.45) is 0. The topological polar surface area (TPSA) is 128 Å². The Balaban J connectivity index is 1.38. The van der Waals surface area contributed by atoms with E-state index in [1.54, 1.807) is 55.1 Å². The lowest BCUT2D eigenvalue weighted by molar-refractivity contribution is -0.119. The molecule has 0 fully saturated rings. The van der Waals surface area contributed by atoms with E-state index < -0.39 is 34.1 Å². The molecule has 0 aliphatic heterocycles. The van der Waals surface area contributed by atoms with Crippen LogP contribution < -0.4 is 15.6 Å². The SMILES string of the molecule is Cc1ccc(S(=O)(=O)Nc2ccc(C(=O)OCC(=O)Nc3c(C)n(C)n(-c4ccccc4)c3=O)cc2)cc1C. The molecule has 3 aromatic carbocycles. The number of para-hydroxylation sites is 1. The molecule has 4 rings (SSSR count). The molecule has 0 aliphatic rings. The summed E-state index contributed by atoms with van der Waals surface area (Å²) in [6, 6.07) is 19.4. The molecule has 0 saturated carbocycles. The van der Waals surface area contributed by atoms with Gasteiger partial charge >= 0.3 is 5.97 Å². The van der Waals surface area contributed by atoms with Crippen molar-refractivity contribution in [3.8, 4) is 5.69 Å². The number of carbonyl (C=O) groups is 2. The lowest BCUT2D eigenvalue weighted by atomic mass is 10.1. The molecule has 1 aromatic heterocycles. The van der Waals surface area contributed by atoms with Gasteiger partial charge in [-0.2, -0.15) is 0 Å². The Kier molecular flexibility index (Phi) is 7.73. The largest absolute Gasteiger partial charge is 0.452 e. The zero-order valence-electron chi connectivity index (χ0n) is 21.9. The quantitative estimate of drug-likeness (QED) is 0.323. The molecule has 4 aromatic rings. The predicted octanol–water partition coefficient (Wildman–Crippen LogP) is 3.70. The lowest BCUT2D eigenvalue weighted by Gasteiger charge is -2.10. The average Bonchev–Trinajstić information content (AvgIpc) is 3.12. The second-order valence-electron chi connectivity index (χ2n) is 8.99. The summed E-state index contributed by atoms with van der Waals surface area (Å²) < 4.78 is 36.0. The third kappa shape index (κ3) is 5.93. The number of anilines is 2. The van der Waals surface area contributed by atoms with Crippen molar-refractivity contribution in [2.24, 2.45) is 7.05 Å². The Morgan fingerprint density at radius 1 is 0.897 bits per heavy atom. The molecule has 10 nitrogen and oxygen atoms in total. The molecule has 11 heteroatoms. The number of aromatic nitrogens is 2. The molecule has 1 amide bonds. The van der Waals surface area contributed by atoms with Gasteiger partial charge in [-0.15, -0.1) is 0 Å². The van der Waals surface area contributed by atoms with Gasteiger partial charge in [0.1, 0.15) is 5.69 Å². The number of esters is 1. The minimum atomic E-state index is -3.81. The first-order chi connectivity index (χ1) is 18.5. The van der Waals surface area contributed by atoms with Crippen LogP contribution in [0.15, 0.2) is 82.5 Å². The first-order valence-corrected chi connectivity index (χ1v) is 13.5. The average molecular weight is 549 g/mol. The van der Waals surface area contributed by atoms with Gasteiger partial charge in [0, 0.05) is 12.7 Å². The van der Waals surface area contributed by atoms with Gasteiger partial charge in [0.05, 0.1) is 21.8 Å². The van der Waals surface area contributed by atoms with Crippen LogP contribution in [0.3, 0.4) is 0 Å². The maximum absolute atomic E-state index is 12.9. The predicted molar refractivity (Wildman–Crippen MR) is 148 cm³/mol. The number of nitrogens with zero attached hydrogens (tertiary/aromatic N) is 2. The highest BCUT2D eigenvalue weighted by Gasteiger charge is 2.20. The number of carbonyl (C=O) groups excluding carboxylic acids is 2. The Hall–Kier alpha value is -4.64. The standard InChI is InChI=1S/C28H28N4O6S/c1-18-10-15-24(16-19(18)2)39(36,37)30-22-13-11-21(12-14-22)28(35)38-17-25(33)29-26-20(3)31(4)32(27(26)34)23-8-6-5-7-9-23/h5-16,30H,17H2,1-4H3,(H,29,33). The van der Waals surface area contributed by atoms with Gasteiger partial charge in [-0.1, -0.05) is 24.3 Å². The van der Waals surface area contributed by atoms with E-state index in [1.165, 1.54) is 35.0 Å². The molecule has 1 heterocycles. The van der Waals surface area contributed by atoms with Crippen molar-refractivity contribution in [1.82, 2.24) is 9.36 Å². The highest BCUT2D eigenvalue weighted by molar-refractivity contribution is 7.92. The van der Waals surface area contributed by atoms with E-state index in [1.807, 2.05) is 19.9 Å². The minimum absolute atomic E-state index is 0.0859. The van der Waals surface area contributed by atoms with Crippen molar-refractivity contribution in [1.29, 1.82) is 0 Å². The number of ether oxygens (including phenoxy) is 1. The van der Waals surface area contributed by atoms with Gasteiger partial charge in [-0.25, -0.2) is 17.9 Å². The molecule has 0 atom stereocenters. The van der Waals surface area contributed by atoms with Crippen LogP contribution in [0.4, 0.5) is 11.4 Å². The molecule has 0 unspecified atom stereocenters. The molecule has 0 bridgehead atoms. The normalized spacial score (nSPS) is 11.2. The zero-order chi connectivity index (χ0) is 28.3. The van der Waals surface area contributed by atoms with E-state index in [-0.39, 0.29) is 21.8 Å². The summed E-state index contributed by atoms with van der Waals surface area (Å²) in [4.78, 5) is 38.0. The Morgan fingerprint density at radius 3 is 2.21 bits per heavy atom. The second-order valence-corrected chi connectivity index (χ2v) is 10.7. The van der Waals surface area contributed by atoms with Gasteiger partial charge < -0.3 is 10.1 Å². The van der Waals surface area contributed by atoms with Crippen LogP contribution in [0, 0.1) is 20.8 Å². The number of sulfonamides is 1. The summed E-state index contributed by atoms with van der Waals surface area (Å²) in [7, 11) is -2.11. The van der Waals surface area contributed by atoms with Crippen molar-refractivity contribution < 1.29 is 22.7 Å². The highest BCUT2D eigenvalue weighted by atomic mass is 32.2. The van der Waals surface area contributed by atoms with Crippen LogP contribution in [0.2, 0.25) is 0 Å². The molecule has 202 valence electrons. The number of rotatable bonds is 8. The maximum atomic E-state index is 12.9. The Bertz CT molecular complexity index is 1710. The fourth-order valence-electron chi connectivity index (χ4n) is 3.87. The van der Waals surface area contributed by atoms with Gasteiger partial charge in [-0.3, -0.25) is 19.0 Å². The second kappa shape index (κ2) is 11.0. The van der Waals surface area contributed by atoms with E-state index in [0.29, 0.717) is 11.4 Å². The molecule has 0 saturated heterocycles. The van der Waals surface area contributed by atoms with Crippen molar-refractivity contribution in [2.45, 2.75) is 25.7 Å². The van der Waals surface area contributed by atoms with Crippen molar-refractivity contribution in [3.05, 3.63) is 106 Å². The number of aryl methyl sites for hydroxylation is 2. The first kappa shape index (κ1) is 27.4. The number of amides is 1. The summed E-state index contributed by atoms with van der Waals surface area (Å²) >= 11 is 0. The number of benzene rings is 3. The third-order valence-corrected chi connectivity index (χ3v) is 7.69. The summed E-state index contributed by atoms with van der Waals surface area (Å²) in [5.41, 5.74) is 3.05. The van der Waals surface area contributed by atoms with E-state index in [2.05, 4.69) is 10.0 Å². The van der Waals surface area contributed by atoms with Crippen LogP contribution in [0.25, 0.3) is 5.69 Å². The summed E-state index contributed by atoms with van der Waals surface area (Å²) in [5, 5.41) is 2.53. The fraction of sp³-hybridized carbons (Fsp3) is 0.179. The zero-order valence-corrected chi connectivity index (χ0v) is 22.7. The van der Waals surface area contributed by atoms with E-state index in [0.717, 1.165) is 11.1 Å². The first-order valence-electron chi connectivity index (χ1n) is 12.0. The van der Waals surface area contributed by atoms with Gasteiger partial charge in [-0.05, 0) is 80.4 Å². The maximum Gasteiger partial charge on any atom is 0.338 e. The van der Waals surface area contributed by atoms with Crippen molar-refractivity contribution in [2.75, 3.05) is 16.6 Å². The van der Waals surface area contributed by atoms with Crippen LogP contribution in [-0.2, 0) is 26.6 Å². The fourth-order valence-corrected chi connectivity index (χ4v) is 5.02. The summed E-state index contributed by atoms with van der Waals surface area (Å²) in [5.74, 6) is -1.45. The van der Waals surface area contributed by atoms with Crippen LogP contribution in [0.1, 0.15) is 27.2 Å². The minimum Gasteiger partial charge on any atom is -0.452 e. The molecular weight excluding hydrogens is 520 g/mol. The molecular formula is C28H28N4O6S. The molecule has 0 aliphatic carbocycles. The van der Waals surface area contributed by atoms with E-state index in [9.17, 15) is 22.8 Å². The monoisotopic (exact) mass is 548 g/mol. The van der Waals surface area contributed by atoms with Crippen molar-refractivity contribution in [3.63, 3.8) is 0 Å². The van der Waals surface area contributed by atoms with Gasteiger partial charge in [0.25, 0.3) is 21.5 Å². The highest BCUT2D eigenvalue weighted by Crippen LogP contribution is 2.20. The number of hydrogen-bond donors (Lipinski definition) is 2. The van der Waals surface area contributed by atoms with Gasteiger partial charge in [0.2, 0.25) is 0 Å². The number of nitrogens with one attached hydrogen (secondary N) is 2. The van der Waals surface area contributed by atoms with Crippen LogP contribution in [0.5, 0.6) is 0 Å². The Labute approximate surface area is 225 Å². The van der Waals surface area contributed by atoms with Gasteiger partial charge in [0.15, 0.2) is 6.61 Å². The van der Waals surface area contributed by atoms with Crippen molar-refractivity contribution >= 4 is 33.3 Å². The molecule has 0 spiro atoms. The molecule has 0 radical (unpaired) electrons. The smallest absolute Gasteiger partial charge is 0.338 e. The molecule has 2 N–H and O–H groups in total. The third-order valence-electron chi connectivity index (χ3n) is 6.31. The lowest BCUT2D eigenvalue weighted by Crippen LogP contribution is -2.25. The van der Waals surface area contributed by atoms with E-state index in [4.69, 9.17) is 4.74 Å².